The highest BCUT2D eigenvalue weighted by Gasteiger charge is 2.23. The van der Waals surface area contributed by atoms with E-state index in [0.717, 1.165) is 71.7 Å². The second-order valence-corrected chi connectivity index (χ2v) is 15.4. The molecule has 0 aliphatic rings. The number of para-hydroxylation sites is 2. The van der Waals surface area contributed by atoms with E-state index in [1.807, 2.05) is 129 Å². The van der Waals surface area contributed by atoms with Gasteiger partial charge in [-0.25, -0.2) is 4.79 Å². The normalized spacial score (nSPS) is 10.8. The zero-order valence-electron chi connectivity index (χ0n) is 29.8. The number of halogens is 5. The minimum atomic E-state index is -0.998. The van der Waals surface area contributed by atoms with Gasteiger partial charge in [0.25, 0.3) is 0 Å². The Morgan fingerprint density at radius 2 is 1.09 bits per heavy atom. The lowest BCUT2D eigenvalue weighted by Gasteiger charge is -2.22. The standard InChI is InChI=1S/C21H17ClO2.C20H13ClO3.B2I2.B2I/c1-21(2,23)17-12-13(22)10-11-14(17)15-7-5-9-19-20(15)16-6-3-4-8-18(16)24-19;1-23-20(22)16-11-12(21)9-10-13(16)14-6-4-8-18-19(14)15-5-2-3-7-17(15)24-18;3-1-2-4;1-2-3/h3-12,23H,1-2H3;2-11H,1H3;;. The lowest BCUT2D eigenvalue weighted by atomic mass is 9.80. The summed E-state index contributed by atoms with van der Waals surface area (Å²) in [6.45, 7) is 3.55. The van der Waals surface area contributed by atoms with Crippen LogP contribution in [0, 0.1) is 0 Å². The van der Waals surface area contributed by atoms with Crippen molar-refractivity contribution in [1.29, 1.82) is 0 Å². The molecule has 2 heterocycles. The summed E-state index contributed by atoms with van der Waals surface area (Å²) in [5, 5.41) is 21.2. The zero-order chi connectivity index (χ0) is 39.7. The molecule has 0 unspecified atom stereocenters. The highest BCUT2D eigenvalue weighted by atomic mass is 127. The molecule has 0 saturated carbocycles. The van der Waals surface area contributed by atoms with E-state index in [4.69, 9.17) is 44.5 Å². The van der Waals surface area contributed by atoms with Gasteiger partial charge < -0.3 is 18.7 Å². The monoisotopic (exact) mass is 1100 g/mol. The van der Waals surface area contributed by atoms with Crippen molar-refractivity contribution in [3.05, 3.63) is 142 Å². The van der Waals surface area contributed by atoms with Crippen molar-refractivity contribution in [3.8, 4) is 22.3 Å². The van der Waals surface area contributed by atoms with Crippen LogP contribution in [0.3, 0.4) is 0 Å². The van der Waals surface area contributed by atoms with Crippen LogP contribution in [0.2, 0.25) is 10.0 Å². The molecule has 0 atom stereocenters. The van der Waals surface area contributed by atoms with Gasteiger partial charge in [-0.1, -0.05) is 96.0 Å². The zero-order valence-corrected chi connectivity index (χ0v) is 37.8. The molecule has 14 heteroatoms. The number of esters is 1. The summed E-state index contributed by atoms with van der Waals surface area (Å²) in [6.07, 6.45) is 0. The fourth-order valence-corrected chi connectivity index (χ4v) is 6.63. The Morgan fingerprint density at radius 1 is 0.655 bits per heavy atom. The minimum absolute atomic E-state index is 0.419. The number of hydrogen-bond acceptors (Lipinski definition) is 5. The van der Waals surface area contributed by atoms with E-state index in [1.54, 1.807) is 26.0 Å². The molecule has 0 aliphatic carbocycles. The van der Waals surface area contributed by atoms with Crippen molar-refractivity contribution in [1.82, 2.24) is 0 Å². The van der Waals surface area contributed by atoms with E-state index in [0.29, 0.717) is 15.6 Å². The van der Waals surface area contributed by atoms with Crippen LogP contribution in [0.5, 0.6) is 0 Å². The molecule has 0 saturated heterocycles. The molecule has 0 spiro atoms. The summed E-state index contributed by atoms with van der Waals surface area (Å²) in [7, 11) is 6.07. The Morgan fingerprint density at radius 3 is 1.56 bits per heavy atom. The second-order valence-electron chi connectivity index (χ2n) is 12.4. The predicted octanol–water partition coefficient (Wildman–Crippen LogP) is 13.0. The summed E-state index contributed by atoms with van der Waals surface area (Å²) >= 11 is 18.5. The highest BCUT2D eigenvalue weighted by Crippen LogP contribution is 2.41. The van der Waals surface area contributed by atoms with E-state index in [9.17, 15) is 9.90 Å². The van der Waals surface area contributed by atoms with Crippen molar-refractivity contribution in [2.45, 2.75) is 19.4 Å². The third-order valence-electron chi connectivity index (χ3n) is 8.46. The maximum atomic E-state index is 12.2. The molecule has 0 fully saturated rings. The number of ether oxygens (including phenoxy) is 1. The van der Waals surface area contributed by atoms with Crippen molar-refractivity contribution < 1.29 is 23.5 Å². The smallest absolute Gasteiger partial charge is 0.338 e. The minimum Gasteiger partial charge on any atom is -0.465 e. The van der Waals surface area contributed by atoms with Crippen LogP contribution in [0.25, 0.3) is 66.1 Å². The molecule has 271 valence electrons. The first-order chi connectivity index (χ1) is 26.5. The Kier molecular flexibility index (Phi) is 16.0. The fourth-order valence-electron chi connectivity index (χ4n) is 6.29. The summed E-state index contributed by atoms with van der Waals surface area (Å²) in [5.74, 6) is -0.419. The summed E-state index contributed by atoms with van der Waals surface area (Å²) in [5.41, 5.74) is 7.20. The van der Waals surface area contributed by atoms with Gasteiger partial charge in [-0.3, -0.25) is 0 Å². The molecule has 8 rings (SSSR count). The molecule has 5 nitrogen and oxygen atoms in total. The number of carbonyl (C=O) groups is 1. The third-order valence-corrected chi connectivity index (χ3v) is 11.0. The van der Waals surface area contributed by atoms with Crippen LogP contribution in [-0.2, 0) is 10.3 Å². The molecule has 8 aromatic rings. The number of fused-ring (bicyclic) bond motifs is 6. The molecule has 1 N–H and O–H groups in total. The number of carbonyl (C=O) groups excluding carboxylic acids is 1. The van der Waals surface area contributed by atoms with E-state index < -0.39 is 11.6 Å². The van der Waals surface area contributed by atoms with Crippen LogP contribution in [0.15, 0.2) is 130 Å². The predicted molar refractivity (Wildman–Crippen MR) is 260 cm³/mol. The Bertz CT molecular complexity index is 2570. The van der Waals surface area contributed by atoms with Crippen molar-refractivity contribution in [3.63, 3.8) is 0 Å². The number of hydrogen-bond donors (Lipinski definition) is 1. The molecule has 2 aromatic heterocycles. The van der Waals surface area contributed by atoms with Crippen LogP contribution in [0.1, 0.15) is 29.8 Å². The number of methoxy groups -OCH3 is 1. The van der Waals surface area contributed by atoms with Gasteiger partial charge in [-0.15, -0.1) is 0 Å². The average Bonchev–Trinajstić information content (AvgIpc) is 3.77. The molecule has 6 aromatic carbocycles. The van der Waals surface area contributed by atoms with Gasteiger partial charge in [-0.2, -0.15) is 67.1 Å². The first-order valence-electron chi connectivity index (χ1n) is 16.7. The molecule has 0 amide bonds. The van der Waals surface area contributed by atoms with Crippen LogP contribution < -0.4 is 0 Å². The average molecular weight is 1100 g/mol. The Labute approximate surface area is 374 Å². The molecule has 5 radical (unpaired) electrons. The largest absolute Gasteiger partial charge is 0.465 e. The number of benzene rings is 6. The number of aliphatic hydroxyl groups is 1. The molecular weight excluding hydrogens is 1070 g/mol. The van der Waals surface area contributed by atoms with E-state index in [1.165, 1.54) is 12.1 Å². The van der Waals surface area contributed by atoms with E-state index in [2.05, 4.69) is 56.9 Å². The molecular formula is C41H30B4Cl2I3O5. The number of rotatable bonds is 5. The summed E-state index contributed by atoms with van der Waals surface area (Å²) < 4.78 is 16.8. The summed E-state index contributed by atoms with van der Waals surface area (Å²) in [6, 6.07) is 38.6. The molecule has 0 aliphatic heterocycles. The highest BCUT2D eigenvalue weighted by molar-refractivity contribution is 14.2. The van der Waals surface area contributed by atoms with E-state index in [-0.39, 0.29) is 0 Å². The number of furan rings is 2. The van der Waals surface area contributed by atoms with Gasteiger partial charge in [-0.05, 0) is 90.2 Å². The lowest BCUT2D eigenvalue weighted by molar-refractivity contribution is 0.0601. The summed E-state index contributed by atoms with van der Waals surface area (Å²) in [4.78, 5) is 12.2. The fraction of sp³-hybridized carbons (Fsp3) is 0.0976. The van der Waals surface area contributed by atoms with Crippen molar-refractivity contribution in [2.75, 3.05) is 7.11 Å². The first-order valence-corrected chi connectivity index (χ1v) is 21.2. The third kappa shape index (κ3) is 10.3. The Hall–Kier alpha value is -2.62. The van der Waals surface area contributed by atoms with Crippen LogP contribution in [-0.4, -0.2) is 41.0 Å². The SMILES string of the molecule is CC(C)(O)c1cc(Cl)ccc1-c1cccc2oc3ccccc3c12.COC(=O)c1cc(Cl)ccc1-c1cccc2oc3ccccc3c12.I[B][B]I.[B][B]I. The second kappa shape index (κ2) is 20.2. The van der Waals surface area contributed by atoms with Gasteiger partial charge in [0.2, 0.25) is 0 Å². The maximum absolute atomic E-state index is 12.2. The van der Waals surface area contributed by atoms with Crippen molar-refractivity contribution in [2.24, 2.45) is 0 Å². The van der Waals surface area contributed by atoms with E-state index >= 15 is 0 Å². The first kappa shape index (κ1) is 43.5. The molecule has 55 heavy (non-hydrogen) atoms. The van der Waals surface area contributed by atoms with Crippen LogP contribution in [0.4, 0.5) is 0 Å². The Balaban J connectivity index is 0.000000181. The maximum Gasteiger partial charge on any atom is 0.338 e. The van der Waals surface area contributed by atoms with Gasteiger partial charge in [0.15, 0.2) is 10.1 Å². The quantitative estimate of drug-likeness (QED) is 0.106. The van der Waals surface area contributed by atoms with Gasteiger partial charge in [0.1, 0.15) is 27.4 Å². The van der Waals surface area contributed by atoms with Crippen LogP contribution >= 0.6 is 90.3 Å². The van der Waals surface area contributed by atoms with Gasteiger partial charge >= 0.3 is 5.97 Å². The topological polar surface area (TPSA) is 72.8 Å². The van der Waals surface area contributed by atoms with Gasteiger partial charge in [0.05, 0.1) is 18.3 Å². The molecule has 0 bridgehead atoms. The lowest BCUT2D eigenvalue weighted by Crippen LogP contribution is -2.16. The van der Waals surface area contributed by atoms with Crippen molar-refractivity contribution >= 4 is 163 Å². The van der Waals surface area contributed by atoms with Gasteiger partial charge in [0, 0.05) is 39.3 Å².